The number of ketones is 1. The second-order valence-corrected chi connectivity index (χ2v) is 6.76. The quantitative estimate of drug-likeness (QED) is 0.222. The van der Waals surface area contributed by atoms with Gasteiger partial charge in [-0.2, -0.15) is 0 Å². The van der Waals surface area contributed by atoms with E-state index in [1.807, 2.05) is 48.5 Å². The third kappa shape index (κ3) is 4.23. The first-order valence-electron chi connectivity index (χ1n) is 9.72. The van der Waals surface area contributed by atoms with Crippen LogP contribution in [0.5, 0.6) is 0 Å². The summed E-state index contributed by atoms with van der Waals surface area (Å²) in [4.78, 5) is 24.3. The summed E-state index contributed by atoms with van der Waals surface area (Å²) in [6, 6.07) is 24.2. The summed E-state index contributed by atoms with van der Waals surface area (Å²) in [6.07, 6.45) is 3.17. The highest BCUT2D eigenvalue weighted by atomic mass is 16.5. The lowest BCUT2D eigenvalue weighted by atomic mass is 10.0. The molecule has 1 aromatic heterocycles. The lowest BCUT2D eigenvalue weighted by Gasteiger charge is -2.02. The Morgan fingerprint density at radius 1 is 0.867 bits per heavy atom. The van der Waals surface area contributed by atoms with Gasteiger partial charge in [0.05, 0.1) is 12.2 Å². The van der Waals surface area contributed by atoms with E-state index in [-0.39, 0.29) is 11.8 Å². The summed E-state index contributed by atoms with van der Waals surface area (Å²) < 4.78 is 10.8. The topological polar surface area (TPSA) is 56.5 Å². The van der Waals surface area contributed by atoms with Gasteiger partial charge in [-0.3, -0.25) is 4.79 Å². The van der Waals surface area contributed by atoms with Crippen LogP contribution in [0.1, 0.15) is 33.4 Å². The molecule has 30 heavy (non-hydrogen) atoms. The molecule has 4 aromatic rings. The number of fused-ring (bicyclic) bond motifs is 1. The number of hydrogen-bond donors (Lipinski definition) is 0. The van der Waals surface area contributed by atoms with Crippen molar-refractivity contribution in [2.75, 3.05) is 6.61 Å². The molecule has 0 saturated carbocycles. The standard InChI is InChI=1S/C26H20O4/c1-2-29-26(28)20-10-8-19(9-11-20)25-16-14-23(30-25)13-15-24(27)22-12-7-18-5-3-4-6-21(18)17-22/h3-17H,2H2,1H3/b15-13+. The van der Waals surface area contributed by atoms with Gasteiger partial charge >= 0.3 is 5.97 Å². The normalized spacial score (nSPS) is 11.1. The average Bonchev–Trinajstić information content (AvgIpc) is 3.26. The minimum Gasteiger partial charge on any atom is -0.462 e. The van der Waals surface area contributed by atoms with Crippen LogP contribution < -0.4 is 0 Å². The molecule has 0 unspecified atom stereocenters. The van der Waals surface area contributed by atoms with Crippen molar-refractivity contribution in [3.63, 3.8) is 0 Å². The van der Waals surface area contributed by atoms with E-state index in [1.54, 1.807) is 43.3 Å². The first-order valence-corrected chi connectivity index (χ1v) is 9.72. The summed E-state index contributed by atoms with van der Waals surface area (Å²) in [5.74, 6) is 0.800. The predicted molar refractivity (Wildman–Crippen MR) is 117 cm³/mol. The fourth-order valence-corrected chi connectivity index (χ4v) is 3.18. The Hall–Kier alpha value is -3.92. The van der Waals surface area contributed by atoms with Crippen LogP contribution in [0, 0.1) is 0 Å². The number of benzene rings is 3. The van der Waals surface area contributed by atoms with E-state index in [0.717, 1.165) is 16.3 Å². The van der Waals surface area contributed by atoms with Crippen LogP contribution in [0.4, 0.5) is 0 Å². The maximum absolute atomic E-state index is 12.5. The third-order valence-corrected chi connectivity index (χ3v) is 4.74. The molecule has 148 valence electrons. The summed E-state index contributed by atoms with van der Waals surface area (Å²) in [5, 5.41) is 2.13. The number of furan rings is 1. The Bertz CT molecular complexity index is 1230. The van der Waals surface area contributed by atoms with Crippen LogP contribution >= 0.6 is 0 Å². The lowest BCUT2D eigenvalue weighted by molar-refractivity contribution is 0.0526. The lowest BCUT2D eigenvalue weighted by Crippen LogP contribution is -2.03. The SMILES string of the molecule is CCOC(=O)c1ccc(-c2ccc(/C=C/C(=O)c3ccc4ccccc4c3)o2)cc1. The van der Waals surface area contributed by atoms with E-state index in [2.05, 4.69) is 0 Å². The zero-order valence-corrected chi connectivity index (χ0v) is 16.5. The molecule has 4 nitrogen and oxygen atoms in total. The number of hydrogen-bond acceptors (Lipinski definition) is 4. The molecule has 0 saturated heterocycles. The molecule has 0 amide bonds. The van der Waals surface area contributed by atoms with Crippen molar-refractivity contribution in [1.29, 1.82) is 0 Å². The van der Waals surface area contributed by atoms with Crippen molar-refractivity contribution >= 4 is 28.6 Å². The van der Waals surface area contributed by atoms with Gasteiger partial charge in [0.2, 0.25) is 0 Å². The maximum Gasteiger partial charge on any atom is 0.338 e. The summed E-state index contributed by atoms with van der Waals surface area (Å²) in [6.45, 7) is 2.11. The van der Waals surface area contributed by atoms with Gasteiger partial charge in [0, 0.05) is 11.1 Å². The Morgan fingerprint density at radius 3 is 2.37 bits per heavy atom. The number of carbonyl (C=O) groups is 2. The molecule has 3 aromatic carbocycles. The zero-order chi connectivity index (χ0) is 20.9. The molecule has 0 radical (unpaired) electrons. The molecule has 1 heterocycles. The third-order valence-electron chi connectivity index (χ3n) is 4.74. The summed E-state index contributed by atoms with van der Waals surface area (Å²) in [5.41, 5.74) is 1.96. The largest absolute Gasteiger partial charge is 0.462 e. The number of carbonyl (C=O) groups excluding carboxylic acids is 2. The highest BCUT2D eigenvalue weighted by Crippen LogP contribution is 2.24. The Kier molecular flexibility index (Phi) is 5.57. The fraction of sp³-hybridized carbons (Fsp3) is 0.0769. The summed E-state index contributed by atoms with van der Waals surface area (Å²) in [7, 11) is 0. The highest BCUT2D eigenvalue weighted by molar-refractivity contribution is 6.08. The second kappa shape index (κ2) is 8.62. The molecule has 0 aliphatic carbocycles. The van der Waals surface area contributed by atoms with Crippen LogP contribution in [0.3, 0.4) is 0 Å². The smallest absolute Gasteiger partial charge is 0.338 e. The average molecular weight is 396 g/mol. The minimum absolute atomic E-state index is 0.0857. The van der Waals surface area contributed by atoms with E-state index >= 15 is 0 Å². The number of rotatable bonds is 6. The molecular weight excluding hydrogens is 376 g/mol. The molecule has 0 spiro atoms. The van der Waals surface area contributed by atoms with E-state index < -0.39 is 0 Å². The Morgan fingerprint density at radius 2 is 1.60 bits per heavy atom. The van der Waals surface area contributed by atoms with Gasteiger partial charge in [0.15, 0.2) is 5.78 Å². The van der Waals surface area contributed by atoms with Crippen LogP contribution in [0.15, 0.2) is 89.4 Å². The van der Waals surface area contributed by atoms with Crippen molar-refractivity contribution in [2.24, 2.45) is 0 Å². The molecule has 4 heteroatoms. The van der Waals surface area contributed by atoms with Gasteiger partial charge < -0.3 is 9.15 Å². The first kappa shape index (κ1) is 19.4. The van der Waals surface area contributed by atoms with E-state index in [9.17, 15) is 9.59 Å². The number of ether oxygens (including phenoxy) is 1. The second-order valence-electron chi connectivity index (χ2n) is 6.76. The van der Waals surface area contributed by atoms with Crippen LogP contribution in [0.25, 0.3) is 28.2 Å². The molecule has 0 N–H and O–H groups in total. The number of allylic oxidation sites excluding steroid dienone is 1. The van der Waals surface area contributed by atoms with Crippen LogP contribution in [-0.4, -0.2) is 18.4 Å². The van der Waals surface area contributed by atoms with Crippen molar-refractivity contribution in [1.82, 2.24) is 0 Å². The van der Waals surface area contributed by atoms with Crippen LogP contribution in [0.2, 0.25) is 0 Å². The maximum atomic E-state index is 12.5. The highest BCUT2D eigenvalue weighted by Gasteiger charge is 2.09. The molecule has 4 rings (SSSR count). The molecule has 0 aliphatic heterocycles. The van der Waals surface area contributed by atoms with E-state index in [4.69, 9.17) is 9.15 Å². The van der Waals surface area contributed by atoms with Crippen molar-refractivity contribution in [3.05, 3.63) is 102 Å². The van der Waals surface area contributed by atoms with Crippen LogP contribution in [-0.2, 0) is 4.74 Å². The van der Waals surface area contributed by atoms with Gasteiger partial charge in [-0.25, -0.2) is 4.79 Å². The molecule has 0 atom stereocenters. The fourth-order valence-electron chi connectivity index (χ4n) is 3.18. The predicted octanol–water partition coefficient (Wildman–Crippen LogP) is 6.17. The summed E-state index contributed by atoms with van der Waals surface area (Å²) >= 11 is 0. The Labute approximate surface area is 174 Å². The molecule has 0 aliphatic rings. The first-order chi connectivity index (χ1) is 14.6. The zero-order valence-electron chi connectivity index (χ0n) is 16.5. The van der Waals surface area contributed by atoms with Crippen molar-refractivity contribution < 1.29 is 18.7 Å². The molecular formula is C26H20O4. The van der Waals surface area contributed by atoms with Gasteiger partial charge in [-0.15, -0.1) is 0 Å². The molecule has 0 fully saturated rings. The van der Waals surface area contributed by atoms with Crippen molar-refractivity contribution in [2.45, 2.75) is 6.92 Å². The van der Waals surface area contributed by atoms with Gasteiger partial charge in [-0.05, 0) is 60.2 Å². The van der Waals surface area contributed by atoms with Gasteiger partial charge in [0.1, 0.15) is 11.5 Å². The van der Waals surface area contributed by atoms with E-state index in [1.165, 1.54) is 6.08 Å². The van der Waals surface area contributed by atoms with Crippen molar-refractivity contribution in [3.8, 4) is 11.3 Å². The Balaban J connectivity index is 1.47. The van der Waals surface area contributed by atoms with Gasteiger partial charge in [-0.1, -0.05) is 48.5 Å². The number of esters is 1. The van der Waals surface area contributed by atoms with Gasteiger partial charge in [0.25, 0.3) is 0 Å². The molecule has 0 bridgehead atoms. The van der Waals surface area contributed by atoms with E-state index in [0.29, 0.717) is 29.3 Å². The minimum atomic E-state index is -0.348. The monoisotopic (exact) mass is 396 g/mol.